The fourth-order valence-corrected chi connectivity index (χ4v) is 0.868. The van der Waals surface area contributed by atoms with Crippen LogP contribution in [0.3, 0.4) is 0 Å². The Morgan fingerprint density at radius 1 is 1.70 bits per heavy atom. The number of aromatic nitrogens is 2. The lowest BCUT2D eigenvalue weighted by Gasteiger charge is -1.96. The molecular formula is C7H13N3. The maximum Gasteiger partial charge on any atom is 0.0949 e. The molecule has 0 aromatic carbocycles. The van der Waals surface area contributed by atoms with Crippen molar-refractivity contribution >= 4 is 0 Å². The zero-order valence-electron chi connectivity index (χ0n) is 6.25. The van der Waals surface area contributed by atoms with Crippen LogP contribution in [-0.4, -0.2) is 16.1 Å². The van der Waals surface area contributed by atoms with Crippen molar-refractivity contribution in [2.24, 2.45) is 5.73 Å². The Balaban J connectivity index is 2.42. The van der Waals surface area contributed by atoms with E-state index in [1.807, 2.05) is 19.4 Å². The highest BCUT2D eigenvalue weighted by Gasteiger charge is 1.90. The van der Waals surface area contributed by atoms with Crippen molar-refractivity contribution in [3.05, 3.63) is 18.2 Å². The van der Waals surface area contributed by atoms with E-state index in [9.17, 15) is 0 Å². The molecule has 56 valence electrons. The van der Waals surface area contributed by atoms with Gasteiger partial charge in [0.1, 0.15) is 0 Å². The average Bonchev–Trinajstić information content (AvgIpc) is 2.31. The van der Waals surface area contributed by atoms with Crippen molar-refractivity contribution in [1.82, 2.24) is 9.55 Å². The second-order valence-electron chi connectivity index (χ2n) is 2.40. The van der Waals surface area contributed by atoms with Crippen LogP contribution >= 0.6 is 0 Å². The van der Waals surface area contributed by atoms with Gasteiger partial charge < -0.3 is 10.3 Å². The molecule has 0 aliphatic carbocycles. The summed E-state index contributed by atoms with van der Waals surface area (Å²) in [6.45, 7) is 3.72. The molecule has 0 unspecified atom stereocenters. The molecule has 0 bridgehead atoms. The standard InChI is InChI=1S/C7H13N3/c1-7-5-10(6-9-7)4-2-3-8/h5-6H,2-4,8H2,1H3. The Bertz CT molecular complexity index is 192. The van der Waals surface area contributed by atoms with E-state index in [4.69, 9.17) is 5.73 Å². The predicted octanol–water partition coefficient (Wildman–Crippen LogP) is 0.540. The van der Waals surface area contributed by atoms with E-state index < -0.39 is 0 Å². The van der Waals surface area contributed by atoms with Crippen molar-refractivity contribution in [1.29, 1.82) is 0 Å². The highest BCUT2D eigenvalue weighted by molar-refractivity contribution is 4.91. The number of rotatable bonds is 3. The monoisotopic (exact) mass is 139 g/mol. The van der Waals surface area contributed by atoms with Crippen LogP contribution in [0, 0.1) is 6.92 Å². The van der Waals surface area contributed by atoms with Gasteiger partial charge in [0.15, 0.2) is 0 Å². The molecule has 0 spiro atoms. The van der Waals surface area contributed by atoms with Crippen LogP contribution in [0.15, 0.2) is 12.5 Å². The molecule has 10 heavy (non-hydrogen) atoms. The van der Waals surface area contributed by atoms with Crippen LogP contribution in [0.4, 0.5) is 0 Å². The first kappa shape index (κ1) is 7.28. The number of hydrogen-bond acceptors (Lipinski definition) is 2. The number of nitrogens with two attached hydrogens (primary N) is 1. The van der Waals surface area contributed by atoms with Gasteiger partial charge >= 0.3 is 0 Å². The molecule has 0 aliphatic heterocycles. The number of imidazole rings is 1. The zero-order valence-corrected chi connectivity index (χ0v) is 6.25. The van der Waals surface area contributed by atoms with Crippen molar-refractivity contribution in [3.63, 3.8) is 0 Å². The summed E-state index contributed by atoms with van der Waals surface area (Å²) >= 11 is 0. The third-order valence-electron chi connectivity index (χ3n) is 1.38. The Labute approximate surface area is 60.9 Å². The lowest BCUT2D eigenvalue weighted by atomic mass is 10.4. The zero-order chi connectivity index (χ0) is 7.40. The van der Waals surface area contributed by atoms with Gasteiger partial charge in [-0.2, -0.15) is 0 Å². The molecule has 0 fully saturated rings. The fraction of sp³-hybridized carbons (Fsp3) is 0.571. The quantitative estimate of drug-likeness (QED) is 0.664. The maximum absolute atomic E-state index is 5.35. The summed E-state index contributed by atoms with van der Waals surface area (Å²) in [7, 11) is 0. The first-order valence-electron chi connectivity index (χ1n) is 3.51. The lowest BCUT2D eigenvalue weighted by Crippen LogP contribution is -2.03. The van der Waals surface area contributed by atoms with Gasteiger partial charge in [-0.3, -0.25) is 0 Å². The van der Waals surface area contributed by atoms with E-state index in [1.165, 1.54) is 0 Å². The first-order chi connectivity index (χ1) is 4.83. The molecule has 1 aromatic rings. The third kappa shape index (κ3) is 1.84. The Morgan fingerprint density at radius 3 is 3.00 bits per heavy atom. The highest BCUT2D eigenvalue weighted by atomic mass is 15.0. The molecule has 2 N–H and O–H groups in total. The number of aryl methyl sites for hydroxylation is 2. The van der Waals surface area contributed by atoms with Gasteiger partial charge in [0.25, 0.3) is 0 Å². The SMILES string of the molecule is Cc1cn(CCCN)cn1. The third-order valence-corrected chi connectivity index (χ3v) is 1.38. The van der Waals surface area contributed by atoms with E-state index in [0.29, 0.717) is 0 Å². The summed E-state index contributed by atoms with van der Waals surface area (Å²) in [6, 6.07) is 0. The van der Waals surface area contributed by atoms with E-state index >= 15 is 0 Å². The summed E-state index contributed by atoms with van der Waals surface area (Å²) in [5.41, 5.74) is 6.42. The molecular weight excluding hydrogens is 126 g/mol. The van der Waals surface area contributed by atoms with Crippen LogP contribution in [-0.2, 0) is 6.54 Å². The summed E-state index contributed by atoms with van der Waals surface area (Å²) < 4.78 is 2.06. The Kier molecular flexibility index (Phi) is 2.45. The van der Waals surface area contributed by atoms with E-state index in [2.05, 4.69) is 9.55 Å². The number of hydrogen-bond donors (Lipinski definition) is 1. The van der Waals surface area contributed by atoms with Gasteiger partial charge in [0.05, 0.1) is 12.0 Å². The molecule has 0 saturated heterocycles. The van der Waals surface area contributed by atoms with Crippen molar-refractivity contribution in [2.75, 3.05) is 6.54 Å². The van der Waals surface area contributed by atoms with Gasteiger partial charge in [-0.1, -0.05) is 0 Å². The van der Waals surface area contributed by atoms with Gasteiger partial charge in [0, 0.05) is 12.7 Å². The molecule has 0 atom stereocenters. The van der Waals surface area contributed by atoms with Gasteiger partial charge in [-0.25, -0.2) is 4.98 Å². The molecule has 3 heteroatoms. The Hall–Kier alpha value is -0.830. The molecule has 0 aliphatic rings. The van der Waals surface area contributed by atoms with E-state index in [-0.39, 0.29) is 0 Å². The topological polar surface area (TPSA) is 43.8 Å². The average molecular weight is 139 g/mol. The molecule has 1 heterocycles. The fourth-order valence-electron chi connectivity index (χ4n) is 0.868. The first-order valence-corrected chi connectivity index (χ1v) is 3.51. The summed E-state index contributed by atoms with van der Waals surface area (Å²) in [6.07, 6.45) is 4.89. The van der Waals surface area contributed by atoms with Gasteiger partial charge in [0.2, 0.25) is 0 Å². The van der Waals surface area contributed by atoms with Crippen molar-refractivity contribution in [3.8, 4) is 0 Å². The summed E-state index contributed by atoms with van der Waals surface area (Å²) in [5.74, 6) is 0. The molecule has 3 nitrogen and oxygen atoms in total. The van der Waals surface area contributed by atoms with Crippen molar-refractivity contribution in [2.45, 2.75) is 19.9 Å². The normalized spacial score (nSPS) is 10.2. The van der Waals surface area contributed by atoms with Crippen LogP contribution in [0.2, 0.25) is 0 Å². The number of nitrogens with zero attached hydrogens (tertiary/aromatic N) is 2. The van der Waals surface area contributed by atoms with Gasteiger partial charge in [-0.15, -0.1) is 0 Å². The molecule has 0 amide bonds. The van der Waals surface area contributed by atoms with Crippen LogP contribution in [0.5, 0.6) is 0 Å². The molecule has 1 aromatic heterocycles. The molecule has 0 radical (unpaired) electrons. The Morgan fingerprint density at radius 2 is 2.50 bits per heavy atom. The second-order valence-corrected chi connectivity index (χ2v) is 2.40. The minimum Gasteiger partial charge on any atom is -0.337 e. The summed E-state index contributed by atoms with van der Waals surface area (Å²) in [4.78, 5) is 4.09. The molecule has 0 saturated carbocycles. The second kappa shape index (κ2) is 3.37. The lowest BCUT2D eigenvalue weighted by molar-refractivity contribution is 0.650. The maximum atomic E-state index is 5.35. The minimum atomic E-state index is 0.747. The largest absolute Gasteiger partial charge is 0.337 e. The van der Waals surface area contributed by atoms with Crippen LogP contribution < -0.4 is 5.73 Å². The van der Waals surface area contributed by atoms with Gasteiger partial charge in [-0.05, 0) is 19.9 Å². The highest BCUT2D eigenvalue weighted by Crippen LogP contribution is 1.93. The van der Waals surface area contributed by atoms with Crippen LogP contribution in [0.25, 0.3) is 0 Å². The predicted molar refractivity (Wildman–Crippen MR) is 40.6 cm³/mol. The minimum absolute atomic E-state index is 0.747. The van der Waals surface area contributed by atoms with E-state index in [1.54, 1.807) is 0 Å². The van der Waals surface area contributed by atoms with E-state index in [0.717, 1.165) is 25.2 Å². The molecule has 1 rings (SSSR count). The smallest absolute Gasteiger partial charge is 0.0949 e. The van der Waals surface area contributed by atoms with Crippen LogP contribution in [0.1, 0.15) is 12.1 Å². The van der Waals surface area contributed by atoms with Crippen molar-refractivity contribution < 1.29 is 0 Å². The summed E-state index contributed by atoms with van der Waals surface area (Å²) in [5, 5.41) is 0.